The van der Waals surface area contributed by atoms with Crippen LogP contribution in [0.15, 0.2) is 84.6 Å². The van der Waals surface area contributed by atoms with E-state index in [1.165, 1.54) is 0 Å². The SMILES string of the molecule is CSSCCC(=O)Nc1ccc2[nH]c(C(=O)Nc3ccc4[nH]c(C(=O)N5C[C@H]6CC67C5=CC(=O)c5ccccc57)cc4c3)cc2c1. The lowest BCUT2D eigenvalue weighted by atomic mass is 9.81. The van der Waals surface area contributed by atoms with E-state index in [9.17, 15) is 19.2 Å². The molecule has 11 heteroatoms. The van der Waals surface area contributed by atoms with Crippen LogP contribution in [0.1, 0.15) is 49.7 Å². The Morgan fingerprint density at radius 3 is 2.37 bits per heavy atom. The lowest BCUT2D eigenvalue weighted by Crippen LogP contribution is -2.33. The molecule has 1 saturated carbocycles. The minimum atomic E-state index is -0.308. The molecule has 46 heavy (non-hydrogen) atoms. The van der Waals surface area contributed by atoms with Crippen molar-refractivity contribution >= 4 is 78.3 Å². The molecule has 1 spiro atoms. The van der Waals surface area contributed by atoms with Crippen LogP contribution < -0.4 is 10.6 Å². The van der Waals surface area contributed by atoms with E-state index in [1.54, 1.807) is 50.8 Å². The Labute approximate surface area is 272 Å². The Bertz CT molecular complexity index is 2150. The van der Waals surface area contributed by atoms with E-state index in [0.717, 1.165) is 50.8 Å². The summed E-state index contributed by atoms with van der Waals surface area (Å²) in [7, 11) is 3.28. The molecule has 1 aliphatic heterocycles. The maximum absolute atomic E-state index is 13.8. The Hall–Kier alpha value is -4.74. The predicted molar refractivity (Wildman–Crippen MR) is 183 cm³/mol. The van der Waals surface area contributed by atoms with Gasteiger partial charge in [0.1, 0.15) is 11.4 Å². The van der Waals surface area contributed by atoms with Crippen molar-refractivity contribution < 1.29 is 19.2 Å². The number of amides is 3. The number of likely N-dealkylation sites (tertiary alicyclic amines) is 1. The second-order valence-corrected chi connectivity index (χ2v) is 14.6. The summed E-state index contributed by atoms with van der Waals surface area (Å²) in [6.45, 7) is 0.582. The number of aromatic nitrogens is 2. The van der Waals surface area contributed by atoms with Crippen molar-refractivity contribution in [3.05, 3.63) is 107 Å². The number of anilines is 2. The maximum atomic E-state index is 13.8. The normalized spacial score (nSPS) is 19.4. The van der Waals surface area contributed by atoms with Crippen LogP contribution in [0.25, 0.3) is 21.8 Å². The first kappa shape index (κ1) is 28.7. The molecule has 3 amide bonds. The number of benzene rings is 3. The molecule has 2 atom stereocenters. The number of aromatic amines is 2. The maximum Gasteiger partial charge on any atom is 0.274 e. The number of nitrogens with one attached hydrogen (secondary N) is 4. The average Bonchev–Trinajstić information content (AvgIpc) is 3.34. The number of hydrogen-bond donors (Lipinski definition) is 4. The Morgan fingerprint density at radius 2 is 1.61 bits per heavy atom. The van der Waals surface area contributed by atoms with Crippen molar-refractivity contribution in [3.8, 4) is 0 Å². The van der Waals surface area contributed by atoms with Gasteiger partial charge < -0.3 is 25.5 Å². The van der Waals surface area contributed by atoms with Crippen molar-refractivity contribution in [2.24, 2.45) is 5.92 Å². The van der Waals surface area contributed by atoms with E-state index >= 15 is 0 Å². The fraction of sp³-hybridized carbons (Fsp3) is 0.200. The third kappa shape index (κ3) is 4.73. The molecule has 1 saturated heterocycles. The zero-order valence-electron chi connectivity index (χ0n) is 24.8. The van der Waals surface area contributed by atoms with Gasteiger partial charge in [-0.1, -0.05) is 45.9 Å². The number of allylic oxidation sites excluding steroid dienone is 2. The molecule has 9 nitrogen and oxygen atoms in total. The molecule has 3 aliphatic rings. The van der Waals surface area contributed by atoms with Crippen LogP contribution in [-0.4, -0.2) is 56.9 Å². The number of carbonyl (C=O) groups excluding carboxylic acids is 4. The second-order valence-electron chi connectivity index (χ2n) is 11.9. The minimum absolute atomic E-state index is 0.0488. The molecule has 1 unspecified atom stereocenters. The van der Waals surface area contributed by atoms with Crippen molar-refractivity contribution in [2.75, 3.05) is 29.2 Å². The monoisotopic (exact) mass is 647 g/mol. The Morgan fingerprint density at radius 1 is 0.913 bits per heavy atom. The molecule has 5 aromatic rings. The number of fused-ring (bicyclic) bond motifs is 3. The van der Waals surface area contributed by atoms with Crippen molar-refractivity contribution in [1.82, 2.24) is 14.9 Å². The zero-order chi connectivity index (χ0) is 31.6. The zero-order valence-corrected chi connectivity index (χ0v) is 26.4. The van der Waals surface area contributed by atoms with Gasteiger partial charge in [0.05, 0.1) is 0 Å². The Kier molecular flexibility index (Phi) is 6.84. The molecule has 4 N–H and O–H groups in total. The highest BCUT2D eigenvalue weighted by Crippen LogP contribution is 2.66. The van der Waals surface area contributed by atoms with E-state index in [2.05, 4.69) is 20.6 Å². The van der Waals surface area contributed by atoms with Crippen LogP contribution >= 0.6 is 21.6 Å². The smallest absolute Gasteiger partial charge is 0.274 e. The van der Waals surface area contributed by atoms with Crippen molar-refractivity contribution in [2.45, 2.75) is 18.3 Å². The standard InChI is InChI=1S/C35H29N5O4S2/c1-45-46-11-10-32(42)36-22-6-8-26-19(12-22)14-28(38-26)33(43)37-23-7-9-27-20(13-23)15-29(39-27)34(44)40-18-21-17-35(21)25-5-3-2-4-24(25)30(41)16-31(35)40/h2-9,12-16,21,38-39H,10-11,17-18H2,1H3,(H,36,42)(H,37,43)/t21-,35?/m1/s1. The number of ketones is 1. The van der Waals surface area contributed by atoms with Gasteiger partial charge in [-0.25, -0.2) is 0 Å². The predicted octanol–water partition coefficient (Wildman–Crippen LogP) is 6.74. The second kappa shape index (κ2) is 11.0. The van der Waals surface area contributed by atoms with Gasteiger partial charge in [0.15, 0.2) is 5.78 Å². The van der Waals surface area contributed by atoms with E-state index in [1.807, 2.05) is 60.9 Å². The Balaban J connectivity index is 0.975. The fourth-order valence-corrected chi connectivity index (χ4v) is 8.21. The van der Waals surface area contributed by atoms with E-state index in [-0.39, 0.29) is 28.9 Å². The molecule has 3 heterocycles. The minimum Gasteiger partial charge on any atom is -0.351 e. The number of rotatable bonds is 8. The lowest BCUT2D eigenvalue weighted by Gasteiger charge is -2.29. The summed E-state index contributed by atoms with van der Waals surface area (Å²) in [5.74, 6) is 0.472. The van der Waals surface area contributed by atoms with Gasteiger partial charge in [0.25, 0.3) is 11.8 Å². The third-order valence-corrected chi connectivity index (χ3v) is 11.0. The quantitative estimate of drug-likeness (QED) is 0.109. The van der Waals surface area contributed by atoms with Gasteiger partial charge in [-0.2, -0.15) is 0 Å². The summed E-state index contributed by atoms with van der Waals surface area (Å²) in [5, 5.41) is 7.45. The van der Waals surface area contributed by atoms with Crippen LogP contribution in [0.5, 0.6) is 0 Å². The highest BCUT2D eigenvalue weighted by Gasteiger charge is 2.67. The topological polar surface area (TPSA) is 127 Å². The highest BCUT2D eigenvalue weighted by molar-refractivity contribution is 8.76. The van der Waals surface area contributed by atoms with E-state index in [0.29, 0.717) is 41.6 Å². The van der Waals surface area contributed by atoms with Crippen molar-refractivity contribution in [3.63, 3.8) is 0 Å². The molecule has 3 aromatic carbocycles. The number of carbonyl (C=O) groups is 4. The fourth-order valence-electron chi connectivity index (χ4n) is 7.02. The largest absolute Gasteiger partial charge is 0.351 e. The summed E-state index contributed by atoms with van der Waals surface area (Å²) < 4.78 is 0. The molecule has 2 aliphatic carbocycles. The molecule has 230 valence electrons. The van der Waals surface area contributed by atoms with Gasteiger partial charge in [0.2, 0.25) is 5.91 Å². The summed E-state index contributed by atoms with van der Waals surface area (Å²) in [6, 6.07) is 22.2. The van der Waals surface area contributed by atoms with Crippen molar-refractivity contribution in [1.29, 1.82) is 0 Å². The molecular formula is C35H29N5O4S2. The molecule has 0 radical (unpaired) electrons. The number of piperidine rings is 1. The van der Waals surface area contributed by atoms with Crippen LogP contribution in [0.4, 0.5) is 11.4 Å². The number of nitrogens with zero attached hydrogens (tertiary/aromatic N) is 1. The third-order valence-electron chi connectivity index (χ3n) is 9.23. The van der Waals surface area contributed by atoms with Gasteiger partial charge in [-0.3, -0.25) is 19.2 Å². The summed E-state index contributed by atoms with van der Waals surface area (Å²) in [5.41, 5.74) is 5.97. The summed E-state index contributed by atoms with van der Waals surface area (Å²) in [6.07, 6.45) is 5.02. The lowest BCUT2D eigenvalue weighted by molar-refractivity contribution is -0.115. The van der Waals surface area contributed by atoms with Gasteiger partial charge in [0, 0.05) is 74.7 Å². The molecule has 2 fully saturated rings. The summed E-state index contributed by atoms with van der Waals surface area (Å²) >= 11 is 0. The molecule has 2 aromatic heterocycles. The van der Waals surface area contributed by atoms with Crippen LogP contribution in [0.2, 0.25) is 0 Å². The first-order chi connectivity index (χ1) is 22.3. The number of hydrogen-bond acceptors (Lipinski definition) is 6. The molecule has 0 bridgehead atoms. The average molecular weight is 648 g/mol. The van der Waals surface area contributed by atoms with E-state index < -0.39 is 0 Å². The van der Waals surface area contributed by atoms with E-state index in [4.69, 9.17) is 0 Å². The van der Waals surface area contributed by atoms with Gasteiger partial charge >= 0.3 is 0 Å². The first-order valence-electron chi connectivity index (χ1n) is 15.0. The van der Waals surface area contributed by atoms with Gasteiger partial charge in [-0.15, -0.1) is 0 Å². The molecular weight excluding hydrogens is 619 g/mol. The van der Waals surface area contributed by atoms with Gasteiger partial charge in [-0.05, 0) is 72.7 Å². The first-order valence-corrected chi connectivity index (χ1v) is 17.8. The number of H-pyrrole nitrogens is 2. The highest BCUT2D eigenvalue weighted by atomic mass is 33.1. The molecule has 8 rings (SSSR count). The van der Waals surface area contributed by atoms with Crippen LogP contribution in [-0.2, 0) is 10.2 Å². The van der Waals surface area contributed by atoms with Crippen LogP contribution in [0.3, 0.4) is 0 Å². The summed E-state index contributed by atoms with van der Waals surface area (Å²) in [4.78, 5) is 60.2. The van der Waals surface area contributed by atoms with Crippen LogP contribution in [0, 0.1) is 5.92 Å².